The zero-order valence-electron chi connectivity index (χ0n) is 12.4. The van der Waals surface area contributed by atoms with Gasteiger partial charge in [-0.2, -0.15) is 0 Å². The van der Waals surface area contributed by atoms with Gasteiger partial charge in [-0.15, -0.1) is 0 Å². The molecule has 0 amide bonds. The summed E-state index contributed by atoms with van der Waals surface area (Å²) in [7, 11) is 2.11. The Balaban J connectivity index is 1.81. The second-order valence-electron chi connectivity index (χ2n) is 5.43. The molecule has 1 atom stereocenters. The van der Waals surface area contributed by atoms with Crippen molar-refractivity contribution in [1.29, 1.82) is 0 Å². The van der Waals surface area contributed by atoms with E-state index in [1.165, 1.54) is 0 Å². The second-order valence-corrected chi connectivity index (χ2v) is 5.87. The Morgan fingerprint density at radius 1 is 1.33 bits per heavy atom. The van der Waals surface area contributed by atoms with Gasteiger partial charge in [0.25, 0.3) is 0 Å². The van der Waals surface area contributed by atoms with E-state index in [2.05, 4.69) is 16.8 Å². The van der Waals surface area contributed by atoms with Crippen LogP contribution in [0.2, 0.25) is 0 Å². The van der Waals surface area contributed by atoms with Gasteiger partial charge < -0.3 is 20.5 Å². The van der Waals surface area contributed by atoms with Crippen LogP contribution in [-0.2, 0) is 0 Å². The molecule has 1 aliphatic heterocycles. The van der Waals surface area contributed by atoms with Crippen molar-refractivity contribution in [3.63, 3.8) is 0 Å². The SMILES string of the molecule is CN1CCN(CC(O)COc2ccccc2C(N)=S)CC1. The maximum absolute atomic E-state index is 10.1. The number of hydrogen-bond donors (Lipinski definition) is 2. The fourth-order valence-corrected chi connectivity index (χ4v) is 2.53. The number of nitrogens with two attached hydrogens (primary N) is 1. The van der Waals surface area contributed by atoms with Crippen molar-refractivity contribution < 1.29 is 9.84 Å². The standard InChI is InChI=1S/C15H23N3O2S/c1-17-6-8-18(9-7-17)10-12(19)11-20-14-5-3-2-4-13(14)15(16)21/h2-5,12,19H,6-11H2,1H3,(H2,16,21). The van der Waals surface area contributed by atoms with Gasteiger partial charge in [0.2, 0.25) is 0 Å². The summed E-state index contributed by atoms with van der Waals surface area (Å²) in [6.07, 6.45) is -0.521. The topological polar surface area (TPSA) is 62.0 Å². The molecule has 0 spiro atoms. The average Bonchev–Trinajstić information content (AvgIpc) is 2.48. The number of benzene rings is 1. The van der Waals surface area contributed by atoms with Crippen LogP contribution in [-0.4, -0.2) is 72.4 Å². The van der Waals surface area contributed by atoms with Crippen LogP contribution in [0.4, 0.5) is 0 Å². The third-order valence-electron chi connectivity index (χ3n) is 3.65. The highest BCUT2D eigenvalue weighted by atomic mass is 32.1. The minimum atomic E-state index is -0.521. The Bertz CT molecular complexity index is 476. The van der Waals surface area contributed by atoms with Crippen molar-refractivity contribution in [2.24, 2.45) is 5.73 Å². The molecule has 1 unspecified atom stereocenters. The maximum Gasteiger partial charge on any atom is 0.129 e. The Kier molecular flexibility index (Phi) is 5.93. The predicted octanol–water partition coefficient (Wildman–Crippen LogP) is 0.308. The van der Waals surface area contributed by atoms with Gasteiger partial charge >= 0.3 is 0 Å². The molecule has 0 radical (unpaired) electrons. The molecular formula is C15H23N3O2S. The third-order valence-corrected chi connectivity index (χ3v) is 3.87. The molecule has 5 nitrogen and oxygen atoms in total. The number of para-hydroxylation sites is 1. The Morgan fingerprint density at radius 3 is 2.67 bits per heavy atom. The first-order chi connectivity index (χ1) is 10.1. The first kappa shape index (κ1) is 16.2. The minimum Gasteiger partial charge on any atom is -0.490 e. The van der Waals surface area contributed by atoms with Gasteiger partial charge in [0.05, 0.1) is 5.56 Å². The first-order valence-corrected chi connectivity index (χ1v) is 7.57. The van der Waals surface area contributed by atoms with Crippen LogP contribution in [0.15, 0.2) is 24.3 Å². The zero-order chi connectivity index (χ0) is 15.2. The molecule has 116 valence electrons. The molecule has 1 heterocycles. The van der Waals surface area contributed by atoms with E-state index in [0.717, 1.165) is 26.2 Å². The number of aliphatic hydroxyl groups is 1. The van der Waals surface area contributed by atoms with E-state index in [4.69, 9.17) is 22.7 Å². The number of hydrogen-bond acceptors (Lipinski definition) is 5. The summed E-state index contributed by atoms with van der Waals surface area (Å²) in [6.45, 7) is 4.92. The second kappa shape index (κ2) is 7.70. The highest BCUT2D eigenvalue weighted by molar-refractivity contribution is 7.80. The number of thiocarbonyl (C=S) groups is 1. The summed E-state index contributed by atoms with van der Waals surface area (Å²) in [5.41, 5.74) is 6.37. The number of β-amino-alcohol motifs (C(OH)–C–C–N with tert-alkyl or cyclic N) is 1. The summed E-state index contributed by atoms with van der Waals surface area (Å²) in [5, 5.41) is 10.1. The zero-order valence-corrected chi connectivity index (χ0v) is 13.2. The number of aliphatic hydroxyl groups excluding tert-OH is 1. The fraction of sp³-hybridized carbons (Fsp3) is 0.533. The molecule has 2 rings (SSSR count). The summed E-state index contributed by atoms with van der Waals surface area (Å²) in [4.78, 5) is 4.85. The summed E-state index contributed by atoms with van der Waals surface area (Å²) in [6, 6.07) is 7.37. The lowest BCUT2D eigenvalue weighted by Gasteiger charge is -2.33. The summed E-state index contributed by atoms with van der Waals surface area (Å²) >= 11 is 4.99. The smallest absolute Gasteiger partial charge is 0.129 e. The van der Waals surface area contributed by atoms with Crippen LogP contribution in [0, 0.1) is 0 Å². The first-order valence-electron chi connectivity index (χ1n) is 7.17. The third kappa shape index (κ3) is 4.93. The van der Waals surface area contributed by atoms with E-state index in [1.807, 2.05) is 24.3 Å². The van der Waals surface area contributed by atoms with Crippen LogP contribution < -0.4 is 10.5 Å². The number of likely N-dealkylation sites (N-methyl/N-ethyl adjacent to an activating group) is 1. The van der Waals surface area contributed by atoms with E-state index in [-0.39, 0.29) is 6.61 Å². The van der Waals surface area contributed by atoms with Gasteiger partial charge in [-0.3, -0.25) is 4.90 Å². The lowest BCUT2D eigenvalue weighted by molar-refractivity contribution is 0.0504. The Hall–Kier alpha value is -1.21. The van der Waals surface area contributed by atoms with E-state index >= 15 is 0 Å². The summed E-state index contributed by atoms with van der Waals surface area (Å²) < 4.78 is 5.67. The van der Waals surface area contributed by atoms with Gasteiger partial charge in [-0.05, 0) is 19.2 Å². The van der Waals surface area contributed by atoms with E-state index < -0.39 is 6.10 Å². The number of piperazine rings is 1. The molecule has 0 aliphatic carbocycles. The molecule has 1 saturated heterocycles. The highest BCUT2D eigenvalue weighted by Gasteiger charge is 2.17. The lowest BCUT2D eigenvalue weighted by Crippen LogP contribution is -2.47. The fourth-order valence-electron chi connectivity index (χ4n) is 2.36. The molecule has 1 aromatic rings. The van der Waals surface area contributed by atoms with Crippen molar-refractivity contribution >= 4 is 17.2 Å². The van der Waals surface area contributed by atoms with E-state index in [9.17, 15) is 5.11 Å². The van der Waals surface area contributed by atoms with Crippen LogP contribution in [0.25, 0.3) is 0 Å². The molecule has 1 aliphatic rings. The average molecular weight is 309 g/mol. The highest BCUT2D eigenvalue weighted by Crippen LogP contribution is 2.18. The van der Waals surface area contributed by atoms with Gasteiger partial charge in [0.15, 0.2) is 0 Å². The molecule has 0 bridgehead atoms. The summed E-state index contributed by atoms with van der Waals surface area (Å²) in [5.74, 6) is 0.627. The van der Waals surface area contributed by atoms with E-state index in [0.29, 0.717) is 22.8 Å². The quantitative estimate of drug-likeness (QED) is 0.738. The van der Waals surface area contributed by atoms with Gasteiger partial charge in [-0.25, -0.2) is 0 Å². The van der Waals surface area contributed by atoms with Crippen molar-refractivity contribution in [3.05, 3.63) is 29.8 Å². The molecule has 21 heavy (non-hydrogen) atoms. The number of rotatable bonds is 6. The molecule has 1 fully saturated rings. The maximum atomic E-state index is 10.1. The molecule has 6 heteroatoms. The predicted molar refractivity (Wildman–Crippen MR) is 87.8 cm³/mol. The van der Waals surface area contributed by atoms with E-state index in [1.54, 1.807) is 0 Å². The Labute approximate surface area is 131 Å². The van der Waals surface area contributed by atoms with Crippen molar-refractivity contribution in [1.82, 2.24) is 9.80 Å². The van der Waals surface area contributed by atoms with Crippen LogP contribution in [0.5, 0.6) is 5.75 Å². The van der Waals surface area contributed by atoms with Gasteiger partial charge in [0, 0.05) is 32.7 Å². The molecule has 3 N–H and O–H groups in total. The van der Waals surface area contributed by atoms with Crippen molar-refractivity contribution in [2.75, 3.05) is 46.4 Å². The monoisotopic (exact) mass is 309 g/mol. The normalized spacial score (nSPS) is 18.4. The van der Waals surface area contributed by atoms with Crippen LogP contribution >= 0.6 is 12.2 Å². The Morgan fingerprint density at radius 2 is 2.00 bits per heavy atom. The largest absolute Gasteiger partial charge is 0.490 e. The molecule has 0 saturated carbocycles. The molecular weight excluding hydrogens is 286 g/mol. The number of ether oxygens (including phenoxy) is 1. The van der Waals surface area contributed by atoms with Crippen LogP contribution in [0.3, 0.4) is 0 Å². The van der Waals surface area contributed by atoms with Crippen LogP contribution in [0.1, 0.15) is 5.56 Å². The van der Waals surface area contributed by atoms with Gasteiger partial charge in [0.1, 0.15) is 23.4 Å². The van der Waals surface area contributed by atoms with Gasteiger partial charge in [-0.1, -0.05) is 24.4 Å². The lowest BCUT2D eigenvalue weighted by atomic mass is 10.2. The minimum absolute atomic E-state index is 0.242. The van der Waals surface area contributed by atoms with Crippen molar-refractivity contribution in [3.8, 4) is 5.75 Å². The van der Waals surface area contributed by atoms with Crippen molar-refractivity contribution in [2.45, 2.75) is 6.10 Å². The molecule has 0 aromatic heterocycles. The number of nitrogens with zero attached hydrogens (tertiary/aromatic N) is 2. The molecule has 1 aromatic carbocycles.